The van der Waals surface area contributed by atoms with E-state index in [1.165, 1.54) is 9.80 Å². The second kappa shape index (κ2) is 12.1. The molecule has 0 aliphatic carbocycles. The van der Waals surface area contributed by atoms with E-state index in [1.807, 2.05) is 0 Å². The number of hydrogen-bond acceptors (Lipinski definition) is 7. The molecule has 0 aromatic heterocycles. The summed E-state index contributed by atoms with van der Waals surface area (Å²) in [5.74, 6) is -4.28. The quantitative estimate of drug-likeness (QED) is 0.472. The molecule has 210 valence electrons. The third-order valence-corrected chi connectivity index (χ3v) is 8.22. The van der Waals surface area contributed by atoms with Crippen molar-refractivity contribution in [1.29, 1.82) is 0 Å². The number of carbonyl (C=O) groups excluding carboxylic acids is 3. The van der Waals surface area contributed by atoms with Crippen LogP contribution >= 0.6 is 0 Å². The number of benzene rings is 1. The normalized spacial score (nSPS) is 20.7. The van der Waals surface area contributed by atoms with Crippen LogP contribution in [-0.2, 0) is 34.7 Å². The van der Waals surface area contributed by atoms with E-state index in [0.29, 0.717) is 24.9 Å². The molecule has 2 N–H and O–H groups in total. The van der Waals surface area contributed by atoms with Gasteiger partial charge in [0.05, 0.1) is 23.5 Å². The zero-order valence-corrected chi connectivity index (χ0v) is 22.9. The van der Waals surface area contributed by atoms with Gasteiger partial charge in [-0.15, -0.1) is 0 Å². The lowest BCUT2D eigenvalue weighted by Gasteiger charge is -2.28. The van der Waals surface area contributed by atoms with E-state index in [0.717, 1.165) is 0 Å². The van der Waals surface area contributed by atoms with Gasteiger partial charge >= 0.3 is 12.1 Å². The number of carboxylic acid groups (broad SMARTS) is 1. The topological polar surface area (TPSA) is 150 Å². The van der Waals surface area contributed by atoms with Gasteiger partial charge in [0, 0.05) is 26.1 Å². The molecule has 0 saturated carbocycles. The predicted octanol–water partition coefficient (Wildman–Crippen LogP) is 1.81. The number of alkyl carbamates (subject to hydrolysis) is 1. The number of ether oxygens (including phenoxy) is 1. The molecule has 38 heavy (non-hydrogen) atoms. The zero-order chi connectivity index (χ0) is 28.1. The number of carbonyl (C=O) groups is 4. The molecule has 2 saturated heterocycles. The standard InChI is InChI=1S/C26H37N3O8S/c1-26(2,3)37-25(34)27-20-11-13-28(15-20)22(30)14-19(23(31)29-12-7-10-21(29)24(32)33)17-38(35,36)16-18-8-5-4-6-9-18/h4-6,8-9,19-21H,7,10-17H2,1-3H3,(H,27,34)(H,32,33)/t19-,20+,21-/m0/s1. The Hall–Kier alpha value is -3.15. The summed E-state index contributed by atoms with van der Waals surface area (Å²) in [4.78, 5) is 53.1. The van der Waals surface area contributed by atoms with Gasteiger partial charge in [-0.25, -0.2) is 18.0 Å². The van der Waals surface area contributed by atoms with Crippen molar-refractivity contribution < 1.29 is 37.4 Å². The highest BCUT2D eigenvalue weighted by molar-refractivity contribution is 7.90. The van der Waals surface area contributed by atoms with E-state index >= 15 is 0 Å². The lowest BCUT2D eigenvalue weighted by molar-refractivity contribution is -0.150. The summed E-state index contributed by atoms with van der Waals surface area (Å²) >= 11 is 0. The fourth-order valence-corrected chi connectivity index (χ4v) is 6.54. The highest BCUT2D eigenvalue weighted by Gasteiger charge is 2.40. The third kappa shape index (κ3) is 8.44. The van der Waals surface area contributed by atoms with Gasteiger partial charge < -0.3 is 25.0 Å². The van der Waals surface area contributed by atoms with E-state index in [2.05, 4.69) is 5.32 Å². The average molecular weight is 552 g/mol. The Morgan fingerprint density at radius 1 is 1.11 bits per heavy atom. The van der Waals surface area contributed by atoms with Gasteiger partial charge in [-0.2, -0.15) is 0 Å². The number of carboxylic acids is 1. The summed E-state index contributed by atoms with van der Waals surface area (Å²) in [7, 11) is -3.80. The first-order valence-corrected chi connectivity index (χ1v) is 14.6. The number of amides is 3. The van der Waals surface area contributed by atoms with Crippen molar-refractivity contribution in [3.8, 4) is 0 Å². The molecule has 11 nitrogen and oxygen atoms in total. The summed E-state index contributed by atoms with van der Waals surface area (Å²) in [6, 6.07) is 7.17. The van der Waals surface area contributed by atoms with Crippen LogP contribution in [0.25, 0.3) is 0 Å². The first-order chi connectivity index (χ1) is 17.7. The van der Waals surface area contributed by atoms with E-state index < -0.39 is 57.0 Å². The van der Waals surface area contributed by atoms with Crippen LogP contribution in [0.3, 0.4) is 0 Å². The van der Waals surface area contributed by atoms with Crippen molar-refractivity contribution in [2.45, 2.75) is 69.9 Å². The maximum Gasteiger partial charge on any atom is 0.407 e. The molecule has 3 atom stereocenters. The molecule has 2 heterocycles. The third-order valence-electron chi connectivity index (χ3n) is 6.54. The maximum atomic E-state index is 13.4. The van der Waals surface area contributed by atoms with E-state index in [-0.39, 0.29) is 37.7 Å². The monoisotopic (exact) mass is 551 g/mol. The number of nitrogens with zero attached hydrogens (tertiary/aromatic N) is 2. The smallest absolute Gasteiger partial charge is 0.407 e. The minimum Gasteiger partial charge on any atom is -0.480 e. The van der Waals surface area contributed by atoms with Gasteiger partial charge in [0.15, 0.2) is 9.84 Å². The Bertz CT molecular complexity index is 1130. The summed E-state index contributed by atoms with van der Waals surface area (Å²) in [6.45, 7) is 5.97. The summed E-state index contributed by atoms with van der Waals surface area (Å²) in [6.07, 6.45) is 0.302. The number of nitrogens with one attached hydrogen (secondary N) is 1. The van der Waals surface area contributed by atoms with Gasteiger partial charge in [0.2, 0.25) is 11.8 Å². The zero-order valence-electron chi connectivity index (χ0n) is 22.1. The fraction of sp³-hybridized carbons (Fsp3) is 0.615. The van der Waals surface area contributed by atoms with Gasteiger partial charge in [-0.1, -0.05) is 30.3 Å². The van der Waals surface area contributed by atoms with Crippen LogP contribution in [0.1, 0.15) is 52.0 Å². The van der Waals surface area contributed by atoms with Crippen molar-refractivity contribution >= 4 is 33.7 Å². The first-order valence-electron chi connectivity index (χ1n) is 12.8. The van der Waals surface area contributed by atoms with Crippen molar-refractivity contribution in [3.05, 3.63) is 35.9 Å². The molecule has 3 amide bonds. The van der Waals surface area contributed by atoms with Crippen molar-refractivity contribution in [2.24, 2.45) is 5.92 Å². The number of hydrogen-bond donors (Lipinski definition) is 2. The SMILES string of the molecule is CC(C)(C)OC(=O)N[C@@H]1CCN(C(=O)C[C@@H](CS(=O)(=O)Cc2ccccc2)C(=O)N2CCC[C@H]2C(=O)O)C1. The Morgan fingerprint density at radius 3 is 2.42 bits per heavy atom. The highest BCUT2D eigenvalue weighted by atomic mass is 32.2. The second-order valence-corrected chi connectivity index (χ2v) is 13.0. The Balaban J connectivity index is 1.71. The van der Waals surface area contributed by atoms with Crippen LogP contribution in [0.2, 0.25) is 0 Å². The molecule has 0 spiro atoms. The fourth-order valence-electron chi connectivity index (χ4n) is 4.85. The van der Waals surface area contributed by atoms with E-state index in [4.69, 9.17) is 4.74 Å². The van der Waals surface area contributed by atoms with Crippen LogP contribution in [0.5, 0.6) is 0 Å². The van der Waals surface area contributed by atoms with Crippen LogP contribution in [0.4, 0.5) is 4.79 Å². The van der Waals surface area contributed by atoms with Crippen LogP contribution in [0, 0.1) is 5.92 Å². The average Bonchev–Trinajstić information content (AvgIpc) is 3.47. The minimum absolute atomic E-state index is 0.199. The van der Waals surface area contributed by atoms with E-state index in [1.54, 1.807) is 51.1 Å². The molecular weight excluding hydrogens is 514 g/mol. The molecule has 0 unspecified atom stereocenters. The molecule has 1 aromatic carbocycles. The Labute approximate surface area is 223 Å². The van der Waals surface area contributed by atoms with E-state index in [9.17, 15) is 32.7 Å². The van der Waals surface area contributed by atoms with Crippen molar-refractivity contribution in [1.82, 2.24) is 15.1 Å². The Kier molecular flexibility index (Phi) is 9.40. The van der Waals surface area contributed by atoms with Gasteiger partial charge in [-0.05, 0) is 45.6 Å². The van der Waals surface area contributed by atoms with Gasteiger partial charge in [0.25, 0.3) is 0 Å². The maximum absolute atomic E-state index is 13.4. The predicted molar refractivity (Wildman–Crippen MR) is 139 cm³/mol. The lowest BCUT2D eigenvalue weighted by Crippen LogP contribution is -2.46. The number of sulfone groups is 1. The highest BCUT2D eigenvalue weighted by Crippen LogP contribution is 2.24. The number of aliphatic carboxylic acids is 1. The first kappa shape index (κ1) is 29.4. The molecule has 3 rings (SSSR count). The van der Waals surface area contributed by atoms with Gasteiger partial charge in [0.1, 0.15) is 11.6 Å². The summed E-state index contributed by atoms with van der Waals surface area (Å²) in [5, 5.41) is 12.3. The van der Waals surface area contributed by atoms with Gasteiger partial charge in [-0.3, -0.25) is 9.59 Å². The van der Waals surface area contributed by atoms with Crippen LogP contribution in [-0.4, -0.2) is 90.3 Å². The van der Waals surface area contributed by atoms with Crippen molar-refractivity contribution in [2.75, 3.05) is 25.4 Å². The molecule has 2 aliphatic rings. The van der Waals surface area contributed by atoms with Crippen molar-refractivity contribution in [3.63, 3.8) is 0 Å². The lowest BCUT2D eigenvalue weighted by atomic mass is 10.0. The second-order valence-electron chi connectivity index (χ2n) is 10.9. The molecule has 0 bridgehead atoms. The molecular formula is C26H37N3O8S. The molecule has 2 aliphatic heterocycles. The van der Waals surface area contributed by atoms with Crippen LogP contribution in [0.15, 0.2) is 30.3 Å². The summed E-state index contributed by atoms with van der Waals surface area (Å²) < 4.78 is 31.4. The largest absolute Gasteiger partial charge is 0.480 e. The summed E-state index contributed by atoms with van der Waals surface area (Å²) in [5.41, 5.74) is -0.106. The van der Waals surface area contributed by atoms with Crippen LogP contribution < -0.4 is 5.32 Å². The minimum atomic E-state index is -3.80. The molecule has 12 heteroatoms. The number of rotatable bonds is 9. The number of likely N-dealkylation sites (tertiary alicyclic amines) is 2. The Morgan fingerprint density at radius 2 is 1.79 bits per heavy atom. The molecule has 0 radical (unpaired) electrons. The molecule has 2 fully saturated rings. The molecule has 1 aromatic rings.